The molecular formula is C2H5BBrMg. The zero-order valence-corrected chi connectivity index (χ0v) is 6.37. The fourth-order valence-corrected chi connectivity index (χ4v) is 0. The number of halogens is 1. The van der Waals surface area contributed by atoms with Gasteiger partial charge in [-0.05, 0) is 0 Å². The van der Waals surface area contributed by atoms with Crippen LogP contribution in [0.5, 0.6) is 0 Å². The minimum atomic E-state index is 0. The average molecular weight is 144 g/mol. The van der Waals surface area contributed by atoms with E-state index < -0.39 is 0 Å². The first kappa shape index (κ1) is 16.2. The molecule has 0 aromatic heterocycles. The summed E-state index contributed by atoms with van der Waals surface area (Å²) in [5.41, 5.74) is 0. The summed E-state index contributed by atoms with van der Waals surface area (Å²) >= 11 is 0. The van der Waals surface area contributed by atoms with Gasteiger partial charge in [-0.15, -0.1) is 6.82 Å². The quantitative estimate of drug-likeness (QED) is 0.254. The molecule has 3 heteroatoms. The second kappa shape index (κ2) is 18.5. The Hall–Kier alpha value is 1.31. The smallest absolute Gasteiger partial charge is 1.00 e. The van der Waals surface area contributed by atoms with Crippen molar-refractivity contribution in [3.63, 3.8) is 0 Å². The average Bonchev–Trinajstić information content (AvgIpc) is 0.918. The third-order valence-corrected chi connectivity index (χ3v) is 0. The van der Waals surface area contributed by atoms with E-state index >= 15 is 0 Å². The molecule has 0 spiro atoms. The molecule has 0 unspecified atom stereocenters. The van der Waals surface area contributed by atoms with E-state index in [1.165, 1.54) is 0 Å². The molecule has 0 aliphatic rings. The topological polar surface area (TPSA) is 0 Å². The summed E-state index contributed by atoms with van der Waals surface area (Å²) in [7, 11) is 1.75. The maximum absolute atomic E-state index is 3.36. The molecule has 0 amide bonds. The fourth-order valence-electron chi connectivity index (χ4n) is 0. The molecule has 0 nitrogen and oxygen atoms in total. The molecular weight excluding hydrogens is 139 g/mol. The first-order chi connectivity index (χ1) is 1.41. The van der Waals surface area contributed by atoms with Crippen molar-refractivity contribution in [1.29, 1.82) is 0 Å². The molecule has 25 valence electrons. The second-order valence-electron chi connectivity index (χ2n) is 0.408. The van der Waals surface area contributed by atoms with E-state index in [-0.39, 0.29) is 40.0 Å². The molecule has 0 bridgehead atoms. The van der Waals surface area contributed by atoms with E-state index in [4.69, 9.17) is 0 Å². The standard InChI is InChI=1S/C2H5B.BrH.Mg/c1-3-2;;/h1H2,2H3;1H;/q-1;;+2/p-1. The Morgan fingerprint density at radius 1 is 1.60 bits per heavy atom. The normalized spacial score (nSPS) is 2.80. The van der Waals surface area contributed by atoms with Gasteiger partial charge in [-0.1, -0.05) is 7.28 Å². The maximum Gasteiger partial charge on any atom is 2.00 e. The van der Waals surface area contributed by atoms with Crippen LogP contribution < -0.4 is 17.0 Å². The predicted molar refractivity (Wildman–Crippen MR) is 22.7 cm³/mol. The molecule has 0 N–H and O–H groups in total. The van der Waals surface area contributed by atoms with Gasteiger partial charge in [0.1, 0.15) is 0 Å². The Morgan fingerprint density at radius 2 is 1.60 bits per heavy atom. The Bertz CT molecular complexity index is 9.61. The monoisotopic (exact) mass is 143 g/mol. The summed E-state index contributed by atoms with van der Waals surface area (Å²) in [6.07, 6.45) is 0. The van der Waals surface area contributed by atoms with Gasteiger partial charge >= 0.3 is 23.1 Å². The molecule has 0 aromatic rings. The summed E-state index contributed by atoms with van der Waals surface area (Å²) in [5, 5.41) is 0. The van der Waals surface area contributed by atoms with Crippen LogP contribution >= 0.6 is 0 Å². The summed E-state index contributed by atoms with van der Waals surface area (Å²) in [6.45, 7) is 5.25. The largest absolute Gasteiger partial charge is 2.00 e. The minimum Gasteiger partial charge on any atom is -1.00 e. The third kappa shape index (κ3) is 33.9. The van der Waals surface area contributed by atoms with Gasteiger partial charge in [-0.2, -0.15) is 0 Å². The van der Waals surface area contributed by atoms with Crippen LogP contribution in [-0.2, 0) is 0 Å². The summed E-state index contributed by atoms with van der Waals surface area (Å²) in [5.74, 6) is 0. The Kier molecular flexibility index (Phi) is 60.0. The third-order valence-electron chi connectivity index (χ3n) is 0. The van der Waals surface area contributed by atoms with E-state index in [2.05, 4.69) is 6.82 Å². The van der Waals surface area contributed by atoms with E-state index in [9.17, 15) is 0 Å². The van der Waals surface area contributed by atoms with Crippen molar-refractivity contribution in [2.24, 2.45) is 0 Å². The summed E-state index contributed by atoms with van der Waals surface area (Å²) in [6, 6.07) is 0. The van der Waals surface area contributed by atoms with E-state index in [0.717, 1.165) is 0 Å². The number of hydrogen-bond donors (Lipinski definition) is 0. The van der Waals surface area contributed by atoms with Gasteiger partial charge in [0.15, 0.2) is 0 Å². The predicted octanol–water partition coefficient (Wildman–Crippen LogP) is -2.85. The molecule has 0 saturated heterocycles. The van der Waals surface area contributed by atoms with Crippen molar-refractivity contribution in [1.82, 2.24) is 0 Å². The minimum absolute atomic E-state index is 0. The van der Waals surface area contributed by atoms with Crippen molar-refractivity contribution in [3.8, 4) is 0 Å². The van der Waals surface area contributed by atoms with Crippen LogP contribution in [0.25, 0.3) is 0 Å². The Morgan fingerprint density at radius 3 is 1.60 bits per heavy atom. The van der Waals surface area contributed by atoms with E-state index in [1.54, 1.807) is 7.28 Å². The van der Waals surface area contributed by atoms with Crippen LogP contribution in [0.2, 0.25) is 6.82 Å². The van der Waals surface area contributed by atoms with Crippen LogP contribution in [-0.4, -0.2) is 30.3 Å². The summed E-state index contributed by atoms with van der Waals surface area (Å²) in [4.78, 5) is 0. The van der Waals surface area contributed by atoms with Crippen LogP contribution in [0.3, 0.4) is 0 Å². The van der Waals surface area contributed by atoms with Crippen LogP contribution in [0.1, 0.15) is 0 Å². The number of rotatable bonds is 0. The Balaban J connectivity index is -0.0000000200. The van der Waals surface area contributed by atoms with E-state index in [0.29, 0.717) is 0 Å². The zero-order valence-electron chi connectivity index (χ0n) is 3.37. The maximum atomic E-state index is 3.36. The van der Waals surface area contributed by atoms with E-state index in [1.807, 2.05) is 6.82 Å². The van der Waals surface area contributed by atoms with Gasteiger partial charge in [0, 0.05) is 0 Å². The molecule has 5 heavy (non-hydrogen) atoms. The van der Waals surface area contributed by atoms with Gasteiger partial charge in [-0.25, -0.2) is 0 Å². The van der Waals surface area contributed by atoms with Gasteiger partial charge in [-0.3, -0.25) is 0 Å². The molecule has 0 rings (SSSR count). The van der Waals surface area contributed by atoms with Crippen molar-refractivity contribution in [2.45, 2.75) is 6.82 Å². The Labute approximate surface area is 60.9 Å². The van der Waals surface area contributed by atoms with Crippen LogP contribution in [0.15, 0.2) is 0 Å². The number of hydrogen-bond acceptors (Lipinski definition) is 0. The molecule has 0 saturated carbocycles. The van der Waals surface area contributed by atoms with Crippen molar-refractivity contribution < 1.29 is 17.0 Å². The second-order valence-corrected chi connectivity index (χ2v) is 0.408. The molecule has 0 aliphatic heterocycles. The molecule has 0 aromatic carbocycles. The zero-order chi connectivity index (χ0) is 2.71. The fraction of sp³-hybridized carbons (Fsp3) is 0.500. The first-order valence-corrected chi connectivity index (χ1v) is 0.986. The first-order valence-electron chi connectivity index (χ1n) is 0.986. The summed E-state index contributed by atoms with van der Waals surface area (Å²) < 4.78 is 0. The van der Waals surface area contributed by atoms with Crippen molar-refractivity contribution >= 4 is 30.3 Å². The molecule has 0 heterocycles. The van der Waals surface area contributed by atoms with Crippen LogP contribution in [0, 0.1) is 6.82 Å². The van der Waals surface area contributed by atoms with Gasteiger partial charge in [0.2, 0.25) is 0 Å². The molecule has 1 radical (unpaired) electrons. The molecule has 0 fully saturated rings. The van der Waals surface area contributed by atoms with Gasteiger partial charge < -0.3 is 23.8 Å². The van der Waals surface area contributed by atoms with Gasteiger partial charge in [0.05, 0.1) is 0 Å². The molecule has 0 atom stereocenters. The van der Waals surface area contributed by atoms with Gasteiger partial charge in [0.25, 0.3) is 0 Å². The SMILES string of the molecule is [Br-].[CH2-][B]C.[Mg+2]. The van der Waals surface area contributed by atoms with Crippen molar-refractivity contribution in [2.75, 3.05) is 0 Å². The van der Waals surface area contributed by atoms with Crippen LogP contribution in [0.4, 0.5) is 0 Å². The molecule has 0 aliphatic carbocycles. The van der Waals surface area contributed by atoms with Crippen molar-refractivity contribution in [3.05, 3.63) is 6.82 Å².